The van der Waals surface area contributed by atoms with Crippen molar-refractivity contribution in [3.8, 4) is 0 Å². The van der Waals surface area contributed by atoms with Crippen LogP contribution in [0.3, 0.4) is 0 Å². The van der Waals surface area contributed by atoms with E-state index in [4.69, 9.17) is 0 Å². The highest BCUT2D eigenvalue weighted by Gasteiger charge is 2.26. The molecule has 2 aromatic rings. The van der Waals surface area contributed by atoms with E-state index in [1.165, 1.54) is 14.6 Å². The fourth-order valence-corrected chi connectivity index (χ4v) is 4.55. The zero-order chi connectivity index (χ0) is 20.7. The van der Waals surface area contributed by atoms with E-state index in [0.717, 1.165) is 11.1 Å². The summed E-state index contributed by atoms with van der Waals surface area (Å²) in [5, 5.41) is 1.23. The largest absolute Gasteiger partial charge is 0.337 e. The number of benzene rings is 2. The average molecular weight is 429 g/mol. The average Bonchev–Trinajstić information content (AvgIpc) is 2.77. The molecular formula is C22H24N2O3S2. The van der Waals surface area contributed by atoms with E-state index >= 15 is 0 Å². The Balaban J connectivity index is 1.54. The van der Waals surface area contributed by atoms with Crippen LogP contribution in [0.15, 0.2) is 71.0 Å². The van der Waals surface area contributed by atoms with Crippen molar-refractivity contribution in [2.45, 2.75) is 4.90 Å². The quantitative estimate of drug-likeness (QED) is 0.521. The first-order valence-corrected chi connectivity index (χ1v) is 12.0. The Kier molecular flexibility index (Phi) is 7.30. The molecule has 1 fully saturated rings. The number of rotatable bonds is 6. The Labute approximate surface area is 176 Å². The van der Waals surface area contributed by atoms with Crippen LogP contribution in [0.2, 0.25) is 0 Å². The van der Waals surface area contributed by atoms with Gasteiger partial charge in [-0.05, 0) is 41.7 Å². The molecule has 0 N–H and O–H groups in total. The Bertz CT molecular complexity index is 976. The maximum Gasteiger partial charge on any atom is 0.246 e. The summed E-state index contributed by atoms with van der Waals surface area (Å²) in [6.07, 6.45) is 6.95. The lowest BCUT2D eigenvalue weighted by Gasteiger charge is -2.32. The van der Waals surface area contributed by atoms with E-state index in [0.29, 0.717) is 26.2 Å². The summed E-state index contributed by atoms with van der Waals surface area (Å²) < 4.78 is 26.5. The van der Waals surface area contributed by atoms with Crippen LogP contribution >= 0.6 is 11.8 Å². The lowest BCUT2D eigenvalue weighted by atomic mass is 10.2. The number of carbonyl (C=O) groups excluding carboxylic acids is 1. The molecular weight excluding hydrogens is 404 g/mol. The van der Waals surface area contributed by atoms with Gasteiger partial charge in [-0.15, -0.1) is 11.8 Å². The van der Waals surface area contributed by atoms with Crippen LogP contribution in [0.1, 0.15) is 11.1 Å². The Morgan fingerprint density at radius 2 is 1.52 bits per heavy atom. The van der Waals surface area contributed by atoms with Crippen molar-refractivity contribution in [1.29, 1.82) is 0 Å². The predicted molar refractivity (Wildman–Crippen MR) is 120 cm³/mol. The van der Waals surface area contributed by atoms with Crippen LogP contribution in [0, 0.1) is 0 Å². The molecule has 0 saturated carbocycles. The number of nitrogens with zero attached hydrogens (tertiary/aromatic N) is 2. The molecule has 29 heavy (non-hydrogen) atoms. The molecule has 1 heterocycles. The highest BCUT2D eigenvalue weighted by atomic mass is 32.2. The second-order valence-electron chi connectivity index (χ2n) is 6.59. The molecule has 1 saturated heterocycles. The van der Waals surface area contributed by atoms with Crippen molar-refractivity contribution >= 4 is 39.8 Å². The van der Waals surface area contributed by atoms with E-state index < -0.39 is 10.0 Å². The van der Waals surface area contributed by atoms with Gasteiger partial charge in [0, 0.05) is 42.6 Å². The first kappa shape index (κ1) is 21.4. The number of piperazine rings is 1. The standard InChI is InChI=1S/C22H24N2O3S2/c1-28-21-10-7-20(8-11-21)9-12-22(25)23-14-16-24(17-15-23)29(26,27)18-13-19-5-3-2-4-6-19/h2-13,18H,14-17H2,1H3/b12-9+,18-13+. The van der Waals surface area contributed by atoms with Crippen LogP contribution in [0.5, 0.6) is 0 Å². The van der Waals surface area contributed by atoms with Crippen LogP contribution in [0.25, 0.3) is 12.2 Å². The third-order valence-electron chi connectivity index (χ3n) is 4.68. The third kappa shape index (κ3) is 6.06. The zero-order valence-electron chi connectivity index (χ0n) is 16.3. The Morgan fingerprint density at radius 1 is 0.897 bits per heavy atom. The van der Waals surface area contributed by atoms with Crippen molar-refractivity contribution < 1.29 is 13.2 Å². The number of sulfonamides is 1. The monoisotopic (exact) mass is 428 g/mol. The van der Waals surface area contributed by atoms with E-state index in [2.05, 4.69) is 0 Å². The zero-order valence-corrected chi connectivity index (χ0v) is 17.9. The Hall–Kier alpha value is -2.35. The number of hydrogen-bond donors (Lipinski definition) is 0. The van der Waals surface area contributed by atoms with Crippen molar-refractivity contribution in [1.82, 2.24) is 9.21 Å². The van der Waals surface area contributed by atoms with Crippen LogP contribution in [-0.4, -0.2) is 56.0 Å². The minimum Gasteiger partial charge on any atom is -0.337 e. The second kappa shape index (κ2) is 9.91. The van der Waals surface area contributed by atoms with Crippen molar-refractivity contribution in [2.75, 3.05) is 32.4 Å². The van der Waals surface area contributed by atoms with Crippen molar-refractivity contribution in [2.24, 2.45) is 0 Å². The molecule has 0 atom stereocenters. The van der Waals surface area contributed by atoms with E-state index in [1.54, 1.807) is 34.9 Å². The van der Waals surface area contributed by atoms with Gasteiger partial charge in [0.1, 0.15) is 0 Å². The molecule has 0 aliphatic carbocycles. The van der Waals surface area contributed by atoms with Gasteiger partial charge in [-0.1, -0.05) is 42.5 Å². The van der Waals surface area contributed by atoms with Gasteiger partial charge >= 0.3 is 0 Å². The summed E-state index contributed by atoms with van der Waals surface area (Å²) in [5.41, 5.74) is 1.80. The molecule has 3 rings (SSSR count). The fourth-order valence-electron chi connectivity index (χ4n) is 2.97. The van der Waals surface area contributed by atoms with Crippen LogP contribution in [-0.2, 0) is 14.8 Å². The van der Waals surface area contributed by atoms with Gasteiger partial charge in [-0.2, -0.15) is 4.31 Å². The molecule has 7 heteroatoms. The molecule has 0 bridgehead atoms. The summed E-state index contributed by atoms with van der Waals surface area (Å²) in [6, 6.07) is 17.3. The number of carbonyl (C=O) groups is 1. The summed E-state index contributed by atoms with van der Waals surface area (Å²) in [7, 11) is -3.50. The molecule has 0 spiro atoms. The molecule has 0 unspecified atom stereocenters. The summed E-state index contributed by atoms with van der Waals surface area (Å²) >= 11 is 1.67. The number of thioether (sulfide) groups is 1. The minimum absolute atomic E-state index is 0.101. The molecule has 2 aromatic carbocycles. The van der Waals surface area contributed by atoms with Gasteiger partial charge in [0.2, 0.25) is 15.9 Å². The van der Waals surface area contributed by atoms with Gasteiger partial charge in [-0.3, -0.25) is 4.79 Å². The molecule has 0 aromatic heterocycles. The first-order chi connectivity index (χ1) is 14.0. The van der Waals surface area contributed by atoms with Gasteiger partial charge in [-0.25, -0.2) is 8.42 Å². The van der Waals surface area contributed by atoms with Gasteiger partial charge in [0.15, 0.2) is 0 Å². The molecule has 1 aliphatic heterocycles. The molecule has 5 nitrogen and oxygen atoms in total. The van der Waals surface area contributed by atoms with Crippen LogP contribution < -0.4 is 0 Å². The molecule has 152 valence electrons. The molecule has 0 radical (unpaired) electrons. The van der Waals surface area contributed by atoms with E-state index in [9.17, 15) is 13.2 Å². The maximum absolute atomic E-state index is 12.5. The van der Waals surface area contributed by atoms with E-state index in [-0.39, 0.29) is 5.91 Å². The highest BCUT2D eigenvalue weighted by Crippen LogP contribution is 2.16. The van der Waals surface area contributed by atoms with Gasteiger partial charge in [0.25, 0.3) is 0 Å². The predicted octanol–water partition coefficient (Wildman–Crippen LogP) is 3.57. The first-order valence-electron chi connectivity index (χ1n) is 9.32. The number of hydrogen-bond acceptors (Lipinski definition) is 4. The van der Waals surface area contributed by atoms with Crippen molar-refractivity contribution in [3.05, 3.63) is 77.2 Å². The topological polar surface area (TPSA) is 57.7 Å². The smallest absolute Gasteiger partial charge is 0.246 e. The summed E-state index contributed by atoms with van der Waals surface area (Å²) in [6.45, 7) is 1.35. The van der Waals surface area contributed by atoms with Gasteiger partial charge in [0.05, 0.1) is 0 Å². The summed E-state index contributed by atoms with van der Waals surface area (Å²) in [5.74, 6) is -0.101. The second-order valence-corrected chi connectivity index (χ2v) is 9.29. The molecule has 1 amide bonds. The molecule has 1 aliphatic rings. The lowest BCUT2D eigenvalue weighted by Crippen LogP contribution is -2.49. The Morgan fingerprint density at radius 3 is 2.14 bits per heavy atom. The maximum atomic E-state index is 12.5. The third-order valence-corrected chi connectivity index (χ3v) is 6.98. The van der Waals surface area contributed by atoms with Gasteiger partial charge < -0.3 is 4.90 Å². The number of amides is 1. The SMILES string of the molecule is CSc1ccc(/C=C/C(=O)N2CCN(S(=O)(=O)/C=C/c3ccccc3)CC2)cc1. The normalized spacial score (nSPS) is 16.0. The van der Waals surface area contributed by atoms with Crippen LogP contribution in [0.4, 0.5) is 0 Å². The minimum atomic E-state index is -3.50. The van der Waals surface area contributed by atoms with E-state index in [1.807, 2.05) is 60.9 Å². The highest BCUT2D eigenvalue weighted by molar-refractivity contribution is 7.98. The summed E-state index contributed by atoms with van der Waals surface area (Å²) in [4.78, 5) is 15.3. The fraction of sp³-hybridized carbons (Fsp3) is 0.227. The van der Waals surface area contributed by atoms with Crippen molar-refractivity contribution in [3.63, 3.8) is 0 Å². The lowest BCUT2D eigenvalue weighted by molar-refractivity contribution is -0.127.